The van der Waals surface area contributed by atoms with Crippen molar-refractivity contribution in [2.24, 2.45) is 0 Å². The van der Waals surface area contributed by atoms with Gasteiger partial charge in [0.25, 0.3) is 5.17 Å². The van der Waals surface area contributed by atoms with Crippen LogP contribution in [0.2, 0.25) is 5.02 Å². The molecule has 0 radical (unpaired) electrons. The van der Waals surface area contributed by atoms with Crippen LogP contribution in [-0.2, 0) is 0 Å². The van der Waals surface area contributed by atoms with Gasteiger partial charge < -0.3 is 0 Å². The fourth-order valence-electron chi connectivity index (χ4n) is 0.846. The molecule has 0 fully saturated rings. The molecule has 0 heterocycles. The zero-order valence-corrected chi connectivity index (χ0v) is 8.52. The smallest absolute Gasteiger partial charge is 0.225 e. The standard InChI is InChI=1S/C9H10Cl2N/c1-12(2)9(11)7-3-5-8(10)6-4-7/h3-6H,1-2H3/q+1. The fraction of sp³-hybridized carbons (Fsp3) is 0.222. The second kappa shape index (κ2) is 3.92. The largest absolute Gasteiger partial charge is 0.276 e. The highest BCUT2D eigenvalue weighted by Crippen LogP contribution is 2.11. The molecule has 0 atom stereocenters. The summed E-state index contributed by atoms with van der Waals surface area (Å²) in [5.74, 6) is 0. The van der Waals surface area contributed by atoms with Gasteiger partial charge in [-0.15, -0.1) is 0 Å². The van der Waals surface area contributed by atoms with Crippen LogP contribution in [0.1, 0.15) is 5.56 Å². The molecule has 0 aromatic heterocycles. The molecule has 1 rings (SSSR count). The minimum Gasteiger partial charge on any atom is -0.225 e. The molecule has 0 N–H and O–H groups in total. The summed E-state index contributed by atoms with van der Waals surface area (Å²) in [7, 11) is 3.80. The quantitative estimate of drug-likeness (QED) is 0.487. The van der Waals surface area contributed by atoms with Gasteiger partial charge >= 0.3 is 0 Å². The van der Waals surface area contributed by atoms with Gasteiger partial charge in [0, 0.05) is 5.02 Å². The minimum absolute atomic E-state index is 0.715. The SMILES string of the molecule is C[N+](C)=C(Cl)c1ccc(Cl)cc1. The molecule has 1 aromatic carbocycles. The first-order valence-electron chi connectivity index (χ1n) is 3.57. The summed E-state index contributed by atoms with van der Waals surface area (Å²) < 4.78 is 1.85. The van der Waals surface area contributed by atoms with Crippen LogP contribution in [0, 0.1) is 0 Å². The van der Waals surface area contributed by atoms with E-state index in [1.165, 1.54) is 0 Å². The second-order valence-electron chi connectivity index (χ2n) is 2.69. The molecular weight excluding hydrogens is 193 g/mol. The molecule has 0 aliphatic heterocycles. The molecular formula is C9H10Cl2N+. The third kappa shape index (κ3) is 2.23. The highest BCUT2D eigenvalue weighted by Gasteiger charge is 2.06. The van der Waals surface area contributed by atoms with Crippen molar-refractivity contribution in [3.05, 3.63) is 34.9 Å². The number of hydrogen-bond acceptors (Lipinski definition) is 0. The van der Waals surface area contributed by atoms with Gasteiger partial charge in [0.1, 0.15) is 14.1 Å². The number of halogens is 2. The maximum Gasteiger partial charge on any atom is 0.276 e. The summed E-state index contributed by atoms with van der Waals surface area (Å²) in [6.45, 7) is 0. The Morgan fingerprint density at radius 2 is 1.67 bits per heavy atom. The molecule has 64 valence electrons. The van der Waals surface area contributed by atoms with Crippen LogP contribution in [0.5, 0.6) is 0 Å². The Bertz CT molecular complexity index is 297. The highest BCUT2D eigenvalue weighted by molar-refractivity contribution is 6.68. The molecule has 1 aromatic rings. The molecule has 1 nitrogen and oxygen atoms in total. The van der Waals surface area contributed by atoms with Gasteiger partial charge in [0.2, 0.25) is 0 Å². The van der Waals surface area contributed by atoms with Crippen molar-refractivity contribution >= 4 is 28.4 Å². The molecule has 0 bridgehead atoms. The Morgan fingerprint density at radius 3 is 2.08 bits per heavy atom. The maximum absolute atomic E-state index is 5.99. The van der Waals surface area contributed by atoms with Crippen molar-refractivity contribution in [2.45, 2.75) is 0 Å². The predicted octanol–water partition coefficient (Wildman–Crippen LogP) is 2.60. The predicted molar refractivity (Wildman–Crippen MR) is 53.5 cm³/mol. The van der Waals surface area contributed by atoms with Crippen LogP contribution in [0.3, 0.4) is 0 Å². The van der Waals surface area contributed by atoms with E-state index < -0.39 is 0 Å². The molecule has 12 heavy (non-hydrogen) atoms. The average molecular weight is 203 g/mol. The molecule has 0 saturated heterocycles. The van der Waals surface area contributed by atoms with Crippen molar-refractivity contribution in [3.63, 3.8) is 0 Å². The first-order valence-corrected chi connectivity index (χ1v) is 4.32. The Balaban J connectivity index is 3.06. The Labute approximate surface area is 82.2 Å². The van der Waals surface area contributed by atoms with Crippen LogP contribution in [0.25, 0.3) is 0 Å². The van der Waals surface area contributed by atoms with Crippen molar-refractivity contribution < 1.29 is 4.58 Å². The third-order valence-electron chi connectivity index (χ3n) is 1.48. The lowest BCUT2D eigenvalue weighted by atomic mass is 10.2. The van der Waals surface area contributed by atoms with Crippen LogP contribution in [0.4, 0.5) is 0 Å². The number of benzene rings is 1. The Morgan fingerprint density at radius 1 is 1.17 bits per heavy atom. The normalized spacial score (nSPS) is 9.67. The number of rotatable bonds is 1. The van der Waals surface area contributed by atoms with E-state index in [0.29, 0.717) is 5.17 Å². The summed E-state index contributed by atoms with van der Waals surface area (Å²) in [6, 6.07) is 7.43. The van der Waals surface area contributed by atoms with Gasteiger partial charge in [-0.25, -0.2) is 4.58 Å². The molecule has 3 heteroatoms. The van der Waals surface area contributed by atoms with Crippen LogP contribution in [-0.4, -0.2) is 23.8 Å². The summed E-state index contributed by atoms with van der Waals surface area (Å²) in [5, 5.41) is 1.44. The molecule has 0 aliphatic rings. The van der Waals surface area contributed by atoms with Crippen molar-refractivity contribution in [3.8, 4) is 0 Å². The van der Waals surface area contributed by atoms with Gasteiger partial charge in [0.15, 0.2) is 0 Å². The van der Waals surface area contributed by atoms with Crippen LogP contribution < -0.4 is 0 Å². The first-order chi connectivity index (χ1) is 5.61. The maximum atomic E-state index is 5.99. The van der Waals surface area contributed by atoms with E-state index in [2.05, 4.69) is 0 Å². The fourth-order valence-corrected chi connectivity index (χ4v) is 1.10. The van der Waals surface area contributed by atoms with E-state index in [9.17, 15) is 0 Å². The average Bonchev–Trinajstić information content (AvgIpc) is 2.04. The highest BCUT2D eigenvalue weighted by atomic mass is 35.5. The molecule has 0 amide bonds. The zero-order valence-electron chi connectivity index (χ0n) is 7.01. The Hall–Kier alpha value is -0.530. The van der Waals surface area contributed by atoms with E-state index in [1.807, 2.05) is 42.9 Å². The van der Waals surface area contributed by atoms with Gasteiger partial charge in [-0.2, -0.15) is 0 Å². The molecule has 0 aliphatic carbocycles. The number of hydrogen-bond donors (Lipinski definition) is 0. The topological polar surface area (TPSA) is 3.01 Å². The van der Waals surface area contributed by atoms with Gasteiger partial charge in [0.05, 0.1) is 5.56 Å². The van der Waals surface area contributed by atoms with E-state index in [1.54, 1.807) is 0 Å². The Kier molecular flexibility index (Phi) is 3.12. The van der Waals surface area contributed by atoms with E-state index in [-0.39, 0.29) is 0 Å². The molecule has 0 spiro atoms. The minimum atomic E-state index is 0.715. The van der Waals surface area contributed by atoms with Gasteiger partial charge in [-0.05, 0) is 35.9 Å². The lowest BCUT2D eigenvalue weighted by molar-refractivity contribution is -0.461. The van der Waals surface area contributed by atoms with Crippen molar-refractivity contribution in [1.82, 2.24) is 0 Å². The van der Waals surface area contributed by atoms with Crippen molar-refractivity contribution in [1.29, 1.82) is 0 Å². The summed E-state index contributed by atoms with van der Waals surface area (Å²) in [4.78, 5) is 0. The summed E-state index contributed by atoms with van der Waals surface area (Å²) in [6.07, 6.45) is 0. The van der Waals surface area contributed by atoms with E-state index in [0.717, 1.165) is 10.6 Å². The lowest BCUT2D eigenvalue weighted by Crippen LogP contribution is -2.07. The zero-order chi connectivity index (χ0) is 9.14. The summed E-state index contributed by atoms with van der Waals surface area (Å²) in [5.41, 5.74) is 0.978. The van der Waals surface area contributed by atoms with Gasteiger partial charge in [-0.3, -0.25) is 0 Å². The van der Waals surface area contributed by atoms with Gasteiger partial charge in [-0.1, -0.05) is 11.6 Å². The second-order valence-corrected chi connectivity index (χ2v) is 3.49. The van der Waals surface area contributed by atoms with Crippen LogP contribution >= 0.6 is 23.2 Å². The lowest BCUT2D eigenvalue weighted by Gasteiger charge is -1.95. The van der Waals surface area contributed by atoms with E-state index >= 15 is 0 Å². The first kappa shape index (κ1) is 9.56. The van der Waals surface area contributed by atoms with E-state index in [4.69, 9.17) is 23.2 Å². The number of nitrogens with zero attached hydrogens (tertiary/aromatic N) is 1. The van der Waals surface area contributed by atoms with Crippen LogP contribution in [0.15, 0.2) is 24.3 Å². The monoisotopic (exact) mass is 202 g/mol. The van der Waals surface area contributed by atoms with Crippen molar-refractivity contribution in [2.75, 3.05) is 14.1 Å². The summed E-state index contributed by atoms with van der Waals surface area (Å²) >= 11 is 11.7. The molecule has 0 saturated carbocycles. The third-order valence-corrected chi connectivity index (χ3v) is 2.28. The molecule has 0 unspecified atom stereocenters.